The first-order valence-electron chi connectivity index (χ1n) is 11.3. The Balaban J connectivity index is 1.97. The zero-order valence-corrected chi connectivity index (χ0v) is 19.7. The van der Waals surface area contributed by atoms with Gasteiger partial charge in [0.25, 0.3) is 0 Å². The Bertz CT molecular complexity index is 1000. The zero-order valence-electron chi connectivity index (χ0n) is 19.7. The van der Waals surface area contributed by atoms with Gasteiger partial charge in [-0.05, 0) is 60.4 Å². The van der Waals surface area contributed by atoms with Crippen molar-refractivity contribution in [2.24, 2.45) is 16.5 Å². The second-order valence-electron chi connectivity index (χ2n) is 9.32. The summed E-state index contributed by atoms with van der Waals surface area (Å²) in [6.45, 7) is 6.96. The summed E-state index contributed by atoms with van der Waals surface area (Å²) in [4.78, 5) is 4.26. The quantitative estimate of drug-likeness (QED) is 0.392. The van der Waals surface area contributed by atoms with E-state index in [-0.39, 0.29) is 23.4 Å². The van der Waals surface area contributed by atoms with E-state index in [1.807, 2.05) is 24.3 Å². The van der Waals surface area contributed by atoms with Gasteiger partial charge in [-0.15, -0.1) is 0 Å². The number of methoxy groups -OCH3 is 1. The summed E-state index contributed by atoms with van der Waals surface area (Å²) < 4.78 is 11.8. The van der Waals surface area contributed by atoms with E-state index < -0.39 is 0 Å². The fraction of sp³-hybridized carbons (Fsp3) is 0.444. The number of nitrogens with two attached hydrogens (primary N) is 2. The van der Waals surface area contributed by atoms with Crippen molar-refractivity contribution in [3.8, 4) is 23.3 Å². The molecule has 4 N–H and O–H groups in total. The molecule has 2 aromatic carbocycles. The van der Waals surface area contributed by atoms with E-state index in [9.17, 15) is 0 Å². The van der Waals surface area contributed by atoms with Crippen molar-refractivity contribution in [3.63, 3.8) is 0 Å². The smallest absolute Gasteiger partial charge is 0.185 e. The minimum Gasteiger partial charge on any atom is -0.493 e. The lowest BCUT2D eigenvalue weighted by molar-refractivity contribution is 0.200. The molecule has 2 aromatic rings. The number of guanidine groups is 1. The average Bonchev–Trinajstić information content (AvgIpc) is 3.26. The molecule has 5 nitrogen and oxygen atoms in total. The van der Waals surface area contributed by atoms with Gasteiger partial charge < -0.3 is 20.9 Å². The van der Waals surface area contributed by atoms with Crippen LogP contribution < -0.4 is 20.9 Å². The van der Waals surface area contributed by atoms with Crippen molar-refractivity contribution >= 4 is 5.96 Å². The summed E-state index contributed by atoms with van der Waals surface area (Å²) in [6.07, 6.45) is 4.80. The van der Waals surface area contributed by atoms with Crippen LogP contribution >= 0.6 is 0 Å². The molecule has 3 rings (SSSR count). The predicted molar refractivity (Wildman–Crippen MR) is 131 cm³/mol. The van der Waals surface area contributed by atoms with Gasteiger partial charge >= 0.3 is 0 Å². The molecule has 1 fully saturated rings. The van der Waals surface area contributed by atoms with Gasteiger partial charge in [0.1, 0.15) is 0 Å². The second-order valence-corrected chi connectivity index (χ2v) is 9.32. The van der Waals surface area contributed by atoms with E-state index in [1.165, 1.54) is 18.4 Å². The minimum absolute atomic E-state index is 0.00299. The van der Waals surface area contributed by atoms with E-state index in [4.69, 9.17) is 20.9 Å². The van der Waals surface area contributed by atoms with E-state index in [0.29, 0.717) is 6.54 Å². The maximum atomic E-state index is 6.28. The Morgan fingerprint density at radius 3 is 2.47 bits per heavy atom. The molecule has 0 spiro atoms. The number of hydrogen-bond donors (Lipinski definition) is 2. The Labute approximate surface area is 192 Å². The summed E-state index contributed by atoms with van der Waals surface area (Å²) >= 11 is 0. The van der Waals surface area contributed by atoms with E-state index in [1.54, 1.807) is 7.11 Å². The van der Waals surface area contributed by atoms with Gasteiger partial charge in [0.2, 0.25) is 0 Å². The van der Waals surface area contributed by atoms with Gasteiger partial charge in [-0.2, -0.15) is 0 Å². The lowest BCUT2D eigenvalue weighted by atomic mass is 9.84. The monoisotopic (exact) mass is 433 g/mol. The first-order chi connectivity index (χ1) is 15.3. The van der Waals surface area contributed by atoms with Crippen LogP contribution in [0.25, 0.3) is 0 Å². The fourth-order valence-corrected chi connectivity index (χ4v) is 4.03. The number of ether oxygens (including phenoxy) is 2. The summed E-state index contributed by atoms with van der Waals surface area (Å²) in [7, 11) is 1.66. The normalized spacial score (nSPS) is 14.9. The SMILES string of the molecule is COc1ccc(C(C#Cc2ccccc2C(C)(C)C)CN=C(N)N)cc1OC1CCCC1. The molecule has 1 atom stereocenters. The largest absolute Gasteiger partial charge is 0.493 e. The maximum absolute atomic E-state index is 6.28. The van der Waals surface area contributed by atoms with Crippen LogP contribution in [0.1, 0.15) is 69.1 Å². The van der Waals surface area contributed by atoms with Gasteiger partial charge in [0.15, 0.2) is 17.5 Å². The maximum Gasteiger partial charge on any atom is 0.185 e. The number of aliphatic imine (C=N–C) groups is 1. The highest BCUT2D eigenvalue weighted by atomic mass is 16.5. The van der Waals surface area contributed by atoms with Crippen LogP contribution in [-0.2, 0) is 5.41 Å². The third-order valence-corrected chi connectivity index (χ3v) is 5.76. The van der Waals surface area contributed by atoms with Crippen molar-refractivity contribution in [3.05, 3.63) is 59.2 Å². The minimum atomic E-state index is -0.179. The lowest BCUT2D eigenvalue weighted by Crippen LogP contribution is -2.23. The molecule has 1 aliphatic rings. The molecular weight excluding hydrogens is 398 g/mol. The predicted octanol–water partition coefficient (Wildman–Crippen LogP) is 4.72. The summed E-state index contributed by atoms with van der Waals surface area (Å²) in [5.41, 5.74) is 14.5. The third-order valence-electron chi connectivity index (χ3n) is 5.76. The lowest BCUT2D eigenvalue weighted by Gasteiger charge is -2.21. The second kappa shape index (κ2) is 10.5. The highest BCUT2D eigenvalue weighted by Gasteiger charge is 2.20. The van der Waals surface area contributed by atoms with Crippen molar-refractivity contribution < 1.29 is 9.47 Å². The first-order valence-corrected chi connectivity index (χ1v) is 11.3. The Hall–Kier alpha value is -3.13. The van der Waals surface area contributed by atoms with Crippen LogP contribution in [0.15, 0.2) is 47.5 Å². The van der Waals surface area contributed by atoms with Gasteiger partial charge in [-0.25, -0.2) is 0 Å². The van der Waals surface area contributed by atoms with Crippen LogP contribution in [0, 0.1) is 11.8 Å². The van der Waals surface area contributed by atoms with Crippen LogP contribution in [0.2, 0.25) is 0 Å². The number of nitrogens with zero attached hydrogens (tertiary/aromatic N) is 1. The zero-order chi connectivity index (χ0) is 23.1. The molecule has 0 aliphatic heterocycles. The molecule has 0 aromatic heterocycles. The van der Waals surface area contributed by atoms with Gasteiger partial charge in [0, 0.05) is 5.56 Å². The van der Waals surface area contributed by atoms with Gasteiger partial charge in [0.05, 0.1) is 25.7 Å². The molecule has 0 saturated heterocycles. The van der Waals surface area contributed by atoms with E-state index >= 15 is 0 Å². The third kappa shape index (κ3) is 6.20. The Morgan fingerprint density at radius 1 is 1.09 bits per heavy atom. The standard InChI is InChI=1S/C27H35N3O2/c1-27(2,3)23-12-8-5-9-19(23)13-14-21(18-30-26(28)29)20-15-16-24(31-4)25(17-20)32-22-10-6-7-11-22/h5,8-9,12,15-17,21-22H,6-7,10-11,18H2,1-4H3,(H4,28,29,30). The molecule has 1 unspecified atom stereocenters. The number of rotatable bonds is 6. The number of benzene rings is 2. The van der Waals surface area contributed by atoms with Crippen molar-refractivity contribution in [1.29, 1.82) is 0 Å². The Morgan fingerprint density at radius 2 is 1.81 bits per heavy atom. The fourth-order valence-electron chi connectivity index (χ4n) is 4.03. The molecule has 0 radical (unpaired) electrons. The van der Waals surface area contributed by atoms with Crippen LogP contribution in [-0.4, -0.2) is 25.7 Å². The molecule has 1 saturated carbocycles. The molecule has 0 heterocycles. The van der Waals surface area contributed by atoms with Crippen LogP contribution in [0.5, 0.6) is 11.5 Å². The molecule has 32 heavy (non-hydrogen) atoms. The van der Waals surface area contributed by atoms with E-state index in [0.717, 1.165) is 35.5 Å². The molecule has 1 aliphatic carbocycles. The molecule has 5 heteroatoms. The van der Waals surface area contributed by atoms with Crippen LogP contribution in [0.3, 0.4) is 0 Å². The van der Waals surface area contributed by atoms with Crippen molar-refractivity contribution in [2.75, 3.05) is 13.7 Å². The van der Waals surface area contributed by atoms with Gasteiger partial charge in [-0.1, -0.05) is 56.9 Å². The number of hydrogen-bond acceptors (Lipinski definition) is 3. The Kier molecular flexibility index (Phi) is 7.69. The highest BCUT2D eigenvalue weighted by molar-refractivity contribution is 5.75. The van der Waals surface area contributed by atoms with Crippen molar-refractivity contribution in [2.45, 2.75) is 63.9 Å². The van der Waals surface area contributed by atoms with Gasteiger partial charge in [-0.3, -0.25) is 4.99 Å². The first kappa shape index (κ1) is 23.5. The molecule has 0 bridgehead atoms. The summed E-state index contributed by atoms with van der Waals surface area (Å²) in [5, 5.41) is 0. The molecule has 170 valence electrons. The van der Waals surface area contributed by atoms with Crippen molar-refractivity contribution in [1.82, 2.24) is 0 Å². The topological polar surface area (TPSA) is 82.9 Å². The highest BCUT2D eigenvalue weighted by Crippen LogP contribution is 2.34. The molecular formula is C27H35N3O2. The van der Waals surface area contributed by atoms with Crippen LogP contribution in [0.4, 0.5) is 0 Å². The average molecular weight is 434 g/mol. The summed E-state index contributed by atoms with van der Waals surface area (Å²) in [5.74, 6) is 8.17. The van der Waals surface area contributed by atoms with E-state index in [2.05, 4.69) is 55.8 Å². The summed E-state index contributed by atoms with van der Waals surface area (Å²) in [6, 6.07) is 14.2. The molecule has 0 amide bonds.